The molecule has 3 nitrogen and oxygen atoms in total. The van der Waals surface area contributed by atoms with Crippen LogP contribution in [0.4, 0.5) is 5.69 Å². The molecule has 2 aromatic carbocycles. The standard InChI is InChI=1S/C18H20N2O/c1-13-7-5-6-10-16(13)20-18(21)12-19-17-11-15(17)14-8-3-2-4-9-14/h2-10,15,17,19H,11-12H2,1H3,(H,20,21). The molecule has 3 rings (SSSR count). The van der Waals surface area contributed by atoms with E-state index >= 15 is 0 Å². The van der Waals surface area contributed by atoms with Crippen molar-refractivity contribution >= 4 is 11.6 Å². The van der Waals surface area contributed by atoms with E-state index in [1.54, 1.807) is 0 Å². The Hall–Kier alpha value is -2.13. The van der Waals surface area contributed by atoms with Crippen LogP contribution in [0.5, 0.6) is 0 Å². The second-order valence-corrected chi connectivity index (χ2v) is 5.60. The van der Waals surface area contributed by atoms with Crippen molar-refractivity contribution in [3.05, 3.63) is 65.7 Å². The molecule has 1 aliphatic rings. The molecule has 21 heavy (non-hydrogen) atoms. The predicted molar refractivity (Wildman–Crippen MR) is 85.4 cm³/mol. The maximum Gasteiger partial charge on any atom is 0.238 e. The average Bonchev–Trinajstić information content (AvgIpc) is 3.28. The van der Waals surface area contributed by atoms with Crippen LogP contribution in [0, 0.1) is 6.92 Å². The van der Waals surface area contributed by atoms with E-state index in [4.69, 9.17) is 0 Å². The van der Waals surface area contributed by atoms with Crippen molar-refractivity contribution in [2.24, 2.45) is 0 Å². The lowest BCUT2D eigenvalue weighted by atomic mass is 10.1. The molecule has 0 heterocycles. The van der Waals surface area contributed by atoms with Crippen LogP contribution in [0.1, 0.15) is 23.5 Å². The van der Waals surface area contributed by atoms with Gasteiger partial charge in [0.15, 0.2) is 0 Å². The molecule has 0 spiro atoms. The highest BCUT2D eigenvalue weighted by molar-refractivity contribution is 5.92. The highest BCUT2D eigenvalue weighted by Gasteiger charge is 2.37. The van der Waals surface area contributed by atoms with E-state index in [0.717, 1.165) is 17.7 Å². The molecule has 0 aliphatic heterocycles. The first-order valence-electron chi connectivity index (χ1n) is 7.38. The fourth-order valence-corrected chi connectivity index (χ4v) is 2.62. The summed E-state index contributed by atoms with van der Waals surface area (Å²) in [5.74, 6) is 0.570. The van der Waals surface area contributed by atoms with Crippen LogP contribution in [0.2, 0.25) is 0 Å². The Morgan fingerprint density at radius 1 is 1.10 bits per heavy atom. The molecule has 1 saturated carbocycles. The molecule has 0 bridgehead atoms. The van der Waals surface area contributed by atoms with E-state index in [0.29, 0.717) is 18.5 Å². The topological polar surface area (TPSA) is 41.1 Å². The highest BCUT2D eigenvalue weighted by atomic mass is 16.1. The zero-order chi connectivity index (χ0) is 14.7. The Morgan fingerprint density at radius 2 is 1.81 bits per heavy atom. The normalized spacial score (nSPS) is 20.0. The number of aryl methyl sites for hydroxylation is 1. The third-order valence-corrected chi connectivity index (χ3v) is 3.96. The van der Waals surface area contributed by atoms with Crippen molar-refractivity contribution in [2.75, 3.05) is 11.9 Å². The van der Waals surface area contributed by atoms with Crippen molar-refractivity contribution in [1.82, 2.24) is 5.32 Å². The molecule has 0 saturated heterocycles. The van der Waals surface area contributed by atoms with Gasteiger partial charge in [0.05, 0.1) is 6.54 Å². The zero-order valence-corrected chi connectivity index (χ0v) is 12.2. The molecule has 0 radical (unpaired) electrons. The number of anilines is 1. The van der Waals surface area contributed by atoms with Crippen LogP contribution in [0.3, 0.4) is 0 Å². The summed E-state index contributed by atoms with van der Waals surface area (Å²) >= 11 is 0. The summed E-state index contributed by atoms with van der Waals surface area (Å²) in [7, 11) is 0. The molecule has 2 atom stereocenters. The lowest BCUT2D eigenvalue weighted by Gasteiger charge is -2.09. The molecule has 1 aliphatic carbocycles. The van der Waals surface area contributed by atoms with Crippen molar-refractivity contribution in [3.8, 4) is 0 Å². The molecule has 0 aromatic heterocycles. The van der Waals surface area contributed by atoms with Gasteiger partial charge < -0.3 is 10.6 Å². The number of rotatable bonds is 5. The summed E-state index contributed by atoms with van der Waals surface area (Å²) in [5, 5.41) is 6.28. The minimum absolute atomic E-state index is 0.0167. The lowest BCUT2D eigenvalue weighted by molar-refractivity contribution is -0.115. The van der Waals surface area contributed by atoms with Gasteiger partial charge >= 0.3 is 0 Å². The van der Waals surface area contributed by atoms with Crippen molar-refractivity contribution in [1.29, 1.82) is 0 Å². The largest absolute Gasteiger partial charge is 0.325 e. The quantitative estimate of drug-likeness (QED) is 0.883. The summed E-state index contributed by atoms with van der Waals surface area (Å²) in [5.41, 5.74) is 3.33. The smallest absolute Gasteiger partial charge is 0.238 e. The number of carbonyl (C=O) groups excluding carboxylic acids is 1. The van der Waals surface area contributed by atoms with Gasteiger partial charge in [-0.15, -0.1) is 0 Å². The molecule has 1 amide bonds. The van der Waals surface area contributed by atoms with Crippen molar-refractivity contribution in [3.63, 3.8) is 0 Å². The number of nitrogens with one attached hydrogen (secondary N) is 2. The van der Waals surface area contributed by atoms with Gasteiger partial charge in [0.1, 0.15) is 0 Å². The molecule has 2 N–H and O–H groups in total. The van der Waals surface area contributed by atoms with E-state index < -0.39 is 0 Å². The first kappa shape index (κ1) is 13.8. The van der Waals surface area contributed by atoms with Crippen molar-refractivity contribution < 1.29 is 4.79 Å². The molecule has 2 aromatic rings. The van der Waals surface area contributed by atoms with Crippen LogP contribution < -0.4 is 10.6 Å². The maximum atomic E-state index is 12.0. The minimum atomic E-state index is 0.0167. The summed E-state index contributed by atoms with van der Waals surface area (Å²) < 4.78 is 0. The molecule has 2 unspecified atom stereocenters. The number of hydrogen-bond donors (Lipinski definition) is 2. The van der Waals surface area contributed by atoms with Gasteiger partial charge in [-0.3, -0.25) is 4.79 Å². The van der Waals surface area contributed by atoms with Crippen LogP contribution in [-0.2, 0) is 4.79 Å². The highest BCUT2D eigenvalue weighted by Crippen LogP contribution is 2.40. The summed E-state index contributed by atoms with van der Waals surface area (Å²) in [4.78, 5) is 12.0. The minimum Gasteiger partial charge on any atom is -0.325 e. The van der Waals surface area contributed by atoms with Gasteiger partial charge in [0, 0.05) is 17.6 Å². The van der Waals surface area contributed by atoms with Gasteiger partial charge in [0.25, 0.3) is 0 Å². The SMILES string of the molecule is Cc1ccccc1NC(=O)CNC1CC1c1ccccc1. The lowest BCUT2D eigenvalue weighted by Crippen LogP contribution is -2.30. The summed E-state index contributed by atoms with van der Waals surface area (Å²) in [6.45, 7) is 2.36. The Kier molecular flexibility index (Phi) is 4.02. The number of carbonyl (C=O) groups is 1. The van der Waals surface area contributed by atoms with Gasteiger partial charge in [-0.2, -0.15) is 0 Å². The monoisotopic (exact) mass is 280 g/mol. The van der Waals surface area contributed by atoms with Crippen molar-refractivity contribution in [2.45, 2.75) is 25.3 Å². The van der Waals surface area contributed by atoms with Crippen LogP contribution in [0.25, 0.3) is 0 Å². The second-order valence-electron chi connectivity index (χ2n) is 5.60. The van der Waals surface area contributed by atoms with E-state index in [9.17, 15) is 4.79 Å². The number of hydrogen-bond acceptors (Lipinski definition) is 2. The van der Waals surface area contributed by atoms with Gasteiger partial charge in [-0.25, -0.2) is 0 Å². The van der Waals surface area contributed by atoms with Gasteiger partial charge in [-0.1, -0.05) is 48.5 Å². The van der Waals surface area contributed by atoms with Crippen LogP contribution in [-0.4, -0.2) is 18.5 Å². The van der Waals surface area contributed by atoms with E-state index in [1.807, 2.05) is 37.3 Å². The van der Waals surface area contributed by atoms with Crippen LogP contribution >= 0.6 is 0 Å². The molecule has 108 valence electrons. The average molecular weight is 280 g/mol. The van der Waals surface area contributed by atoms with Gasteiger partial charge in [0.2, 0.25) is 5.91 Å². The third kappa shape index (κ3) is 3.50. The fourth-order valence-electron chi connectivity index (χ4n) is 2.62. The number of para-hydroxylation sites is 1. The fraction of sp³-hybridized carbons (Fsp3) is 0.278. The number of amides is 1. The Bertz CT molecular complexity index is 624. The Morgan fingerprint density at radius 3 is 2.57 bits per heavy atom. The van der Waals surface area contributed by atoms with E-state index in [1.165, 1.54) is 5.56 Å². The molecular formula is C18H20N2O. The van der Waals surface area contributed by atoms with E-state index in [2.05, 4.69) is 34.9 Å². The summed E-state index contributed by atoms with van der Waals surface area (Å²) in [6.07, 6.45) is 1.11. The first-order chi connectivity index (χ1) is 10.2. The third-order valence-electron chi connectivity index (χ3n) is 3.96. The van der Waals surface area contributed by atoms with E-state index in [-0.39, 0.29) is 5.91 Å². The number of benzene rings is 2. The predicted octanol–water partition coefficient (Wildman–Crippen LogP) is 3.08. The van der Waals surface area contributed by atoms with Crippen LogP contribution in [0.15, 0.2) is 54.6 Å². The molecule has 1 fully saturated rings. The summed E-state index contributed by atoms with van der Waals surface area (Å²) in [6, 6.07) is 18.7. The second kappa shape index (κ2) is 6.10. The first-order valence-corrected chi connectivity index (χ1v) is 7.38. The zero-order valence-electron chi connectivity index (χ0n) is 12.2. The maximum absolute atomic E-state index is 12.0. The van der Waals surface area contributed by atoms with Gasteiger partial charge in [-0.05, 0) is 30.5 Å². The Balaban J connectivity index is 1.47. The molecule has 3 heteroatoms. The molecular weight excluding hydrogens is 260 g/mol. The Labute approximate surface area is 125 Å².